The number of carbonyl (C=O) groups is 2. The van der Waals surface area contributed by atoms with Gasteiger partial charge in [-0.05, 0) is 112 Å². The van der Waals surface area contributed by atoms with Crippen LogP contribution in [0.3, 0.4) is 0 Å². The molecule has 4 rings (SSSR count). The van der Waals surface area contributed by atoms with E-state index in [2.05, 4.69) is 4.18 Å². The van der Waals surface area contributed by atoms with Gasteiger partial charge in [-0.3, -0.25) is 0 Å². The van der Waals surface area contributed by atoms with E-state index in [0.717, 1.165) is 49.3 Å². The Morgan fingerprint density at radius 2 is 1.26 bits per heavy atom. The largest absolute Gasteiger partial charge is 0.534 e. The molecule has 12 heteroatoms. The third kappa shape index (κ3) is 7.43. The lowest BCUT2D eigenvalue weighted by Gasteiger charge is -2.20. The molecule has 0 unspecified atom stereocenters. The minimum atomic E-state index is -5.79. The van der Waals surface area contributed by atoms with Gasteiger partial charge in [-0.15, -0.1) is 0 Å². The number of carbonyl (C=O) groups excluding carboxylic acids is 2. The molecule has 0 aliphatic heterocycles. The Morgan fingerprint density at radius 1 is 0.795 bits per heavy atom. The summed E-state index contributed by atoms with van der Waals surface area (Å²) < 4.78 is 74.1. The van der Waals surface area contributed by atoms with E-state index in [1.165, 1.54) is 12.1 Å². The molecule has 0 radical (unpaired) electrons. The first-order valence-corrected chi connectivity index (χ1v) is 14.1. The Labute approximate surface area is 225 Å². The average Bonchev–Trinajstić information content (AvgIpc) is 2.88. The average molecular weight is 573 g/mol. The first kappa shape index (κ1) is 30.3. The molecule has 2 aliphatic rings. The molecule has 8 nitrogen and oxygen atoms in total. The summed E-state index contributed by atoms with van der Waals surface area (Å²) in [5, 5.41) is 9.85. The molecule has 0 fully saturated rings. The number of aryl methyl sites for hydroxylation is 2. The first-order valence-electron chi connectivity index (χ1n) is 12.7. The summed E-state index contributed by atoms with van der Waals surface area (Å²) >= 11 is 0. The molecule has 0 bridgehead atoms. The number of benzene rings is 2. The number of aromatic hydroxyl groups is 1. The fraction of sp³-hybridized carbons (Fsp3) is 0.481. The van der Waals surface area contributed by atoms with Crippen LogP contribution in [-0.4, -0.2) is 44.2 Å². The molecule has 1 N–H and O–H groups in total. The maximum absolute atomic E-state index is 12.5. The molecular formula is C27H31F3O8S. The number of hydrogen-bond acceptors (Lipinski definition) is 8. The van der Waals surface area contributed by atoms with Gasteiger partial charge in [-0.1, -0.05) is 0 Å². The lowest BCUT2D eigenvalue weighted by atomic mass is 9.89. The molecule has 2 aromatic carbocycles. The summed E-state index contributed by atoms with van der Waals surface area (Å²) in [6.07, 6.45) is 6.50. The Bertz CT molecular complexity index is 1320. The smallest absolute Gasteiger partial charge is 0.508 e. The van der Waals surface area contributed by atoms with Gasteiger partial charge in [0.1, 0.15) is 11.5 Å². The van der Waals surface area contributed by atoms with Gasteiger partial charge in [0, 0.05) is 0 Å². The normalized spacial score (nSPS) is 14.7. The van der Waals surface area contributed by atoms with Crippen LogP contribution in [0.5, 0.6) is 11.5 Å². The Morgan fingerprint density at radius 3 is 1.77 bits per heavy atom. The van der Waals surface area contributed by atoms with Gasteiger partial charge in [0.15, 0.2) is 0 Å². The third-order valence-electron chi connectivity index (χ3n) is 6.37. The van der Waals surface area contributed by atoms with Crippen molar-refractivity contribution in [2.75, 3.05) is 13.2 Å². The molecule has 0 amide bonds. The minimum Gasteiger partial charge on any atom is -0.508 e. The van der Waals surface area contributed by atoms with E-state index in [-0.39, 0.29) is 23.9 Å². The summed E-state index contributed by atoms with van der Waals surface area (Å²) in [7, 11) is -5.79. The number of alkyl halides is 3. The van der Waals surface area contributed by atoms with Gasteiger partial charge >= 0.3 is 27.6 Å². The van der Waals surface area contributed by atoms with Crippen molar-refractivity contribution >= 4 is 22.1 Å². The summed E-state index contributed by atoms with van der Waals surface area (Å²) in [6, 6.07) is 5.87. The highest BCUT2D eigenvalue weighted by Crippen LogP contribution is 2.35. The lowest BCUT2D eigenvalue weighted by Crippen LogP contribution is -2.28. The number of phenols is 1. The second-order valence-corrected chi connectivity index (χ2v) is 10.6. The van der Waals surface area contributed by atoms with Gasteiger partial charge in [0.05, 0.1) is 24.3 Å². The van der Waals surface area contributed by atoms with Crippen LogP contribution in [0.25, 0.3) is 0 Å². The van der Waals surface area contributed by atoms with Crippen molar-refractivity contribution in [2.45, 2.75) is 70.7 Å². The fourth-order valence-electron chi connectivity index (χ4n) is 4.58. The van der Waals surface area contributed by atoms with Crippen molar-refractivity contribution in [1.82, 2.24) is 0 Å². The van der Waals surface area contributed by atoms with Crippen molar-refractivity contribution < 1.29 is 49.9 Å². The first-order chi connectivity index (χ1) is 18.4. The lowest BCUT2D eigenvalue weighted by molar-refractivity contribution is -0.0500. The number of phenolic OH excluding ortho intramolecular Hbond substituents is 1. The van der Waals surface area contributed by atoms with E-state index >= 15 is 0 Å². The zero-order chi connectivity index (χ0) is 28.8. The second kappa shape index (κ2) is 12.7. The zero-order valence-electron chi connectivity index (χ0n) is 21.7. The number of halogens is 3. The van der Waals surface area contributed by atoms with Crippen LogP contribution in [-0.2, 0) is 45.3 Å². The van der Waals surface area contributed by atoms with Gasteiger partial charge in [0.2, 0.25) is 0 Å². The predicted molar refractivity (Wildman–Crippen MR) is 135 cm³/mol. The van der Waals surface area contributed by atoms with Crippen molar-refractivity contribution in [1.29, 1.82) is 0 Å². The van der Waals surface area contributed by atoms with E-state index in [0.29, 0.717) is 42.6 Å². The molecule has 214 valence electrons. The number of hydrogen-bond donors (Lipinski definition) is 1. The Balaban J connectivity index is 0.000000230. The summed E-state index contributed by atoms with van der Waals surface area (Å²) in [5.74, 6) is -1.32. The number of rotatable bonds is 6. The molecule has 2 aromatic rings. The van der Waals surface area contributed by atoms with Crippen LogP contribution in [0, 0.1) is 0 Å². The quantitative estimate of drug-likeness (QED) is 0.277. The predicted octanol–water partition coefficient (Wildman–Crippen LogP) is 5.42. The minimum absolute atomic E-state index is 0.0279. The Hall–Kier alpha value is -3.28. The van der Waals surface area contributed by atoms with Crippen molar-refractivity contribution in [3.63, 3.8) is 0 Å². The maximum atomic E-state index is 12.5. The second-order valence-electron chi connectivity index (χ2n) is 9.08. The highest BCUT2D eigenvalue weighted by Gasteiger charge is 2.49. The van der Waals surface area contributed by atoms with Crippen LogP contribution in [0.2, 0.25) is 0 Å². The van der Waals surface area contributed by atoms with E-state index in [9.17, 15) is 36.3 Å². The van der Waals surface area contributed by atoms with Crippen LogP contribution in [0.4, 0.5) is 13.2 Å². The molecule has 0 saturated carbocycles. The molecule has 0 heterocycles. The maximum Gasteiger partial charge on any atom is 0.534 e. The summed E-state index contributed by atoms with van der Waals surface area (Å²) in [4.78, 5) is 23.3. The van der Waals surface area contributed by atoms with Crippen molar-refractivity contribution in [3.8, 4) is 11.5 Å². The van der Waals surface area contributed by atoms with Crippen LogP contribution >= 0.6 is 0 Å². The highest BCUT2D eigenvalue weighted by atomic mass is 32.2. The molecule has 2 aliphatic carbocycles. The standard InChI is InChI=1S/C14H15F3O5S.C13H16O3/c1-2-21-13(18)10-7-9-5-3-4-6-11(9)12(8-10)22-23(19,20)14(15,16)17;1-2-16-13(15)10-7-9-5-3-4-6-11(9)12(14)8-10/h7-8H,2-6H2,1H3;7-8,14H,2-6H2,1H3. The van der Waals surface area contributed by atoms with Crippen LogP contribution < -0.4 is 4.18 Å². The summed E-state index contributed by atoms with van der Waals surface area (Å²) in [5.41, 5.74) is -2.02. The van der Waals surface area contributed by atoms with E-state index in [1.54, 1.807) is 13.8 Å². The van der Waals surface area contributed by atoms with Crippen molar-refractivity contribution in [2.24, 2.45) is 0 Å². The molecule has 0 atom stereocenters. The van der Waals surface area contributed by atoms with Gasteiger partial charge in [-0.25, -0.2) is 9.59 Å². The van der Waals surface area contributed by atoms with E-state index < -0.39 is 27.3 Å². The highest BCUT2D eigenvalue weighted by molar-refractivity contribution is 7.88. The molecule has 39 heavy (non-hydrogen) atoms. The van der Waals surface area contributed by atoms with Crippen LogP contribution in [0.15, 0.2) is 24.3 Å². The molecule has 0 saturated heterocycles. The van der Waals surface area contributed by atoms with Crippen molar-refractivity contribution in [3.05, 3.63) is 57.6 Å². The number of fused-ring (bicyclic) bond motifs is 2. The third-order valence-corrected chi connectivity index (χ3v) is 7.34. The van der Waals surface area contributed by atoms with Gasteiger partial charge < -0.3 is 18.8 Å². The van der Waals surface area contributed by atoms with Gasteiger partial charge in [-0.2, -0.15) is 21.6 Å². The Kier molecular flexibility index (Phi) is 9.87. The molecular weight excluding hydrogens is 541 g/mol. The molecule has 0 aromatic heterocycles. The van der Waals surface area contributed by atoms with Gasteiger partial charge in [0.25, 0.3) is 0 Å². The number of esters is 2. The number of ether oxygens (including phenoxy) is 2. The monoisotopic (exact) mass is 572 g/mol. The van der Waals surface area contributed by atoms with E-state index in [1.807, 2.05) is 6.07 Å². The topological polar surface area (TPSA) is 116 Å². The van der Waals surface area contributed by atoms with E-state index in [4.69, 9.17) is 9.47 Å². The SMILES string of the molecule is CCOC(=O)c1cc(O)c2c(c1)CCCC2.CCOC(=O)c1cc2c(c(OS(=O)(=O)C(F)(F)F)c1)CCCC2. The fourth-order valence-corrected chi connectivity index (χ4v) is 5.06. The van der Waals surface area contributed by atoms with Crippen LogP contribution in [0.1, 0.15) is 82.5 Å². The molecule has 0 spiro atoms. The zero-order valence-corrected chi connectivity index (χ0v) is 22.5. The summed E-state index contributed by atoms with van der Waals surface area (Å²) in [6.45, 7) is 3.81.